The third kappa shape index (κ3) is 6.69. The van der Waals surface area contributed by atoms with Gasteiger partial charge in [0, 0.05) is 13.1 Å². The Bertz CT molecular complexity index is 1000. The molecule has 3 rings (SSSR count). The van der Waals surface area contributed by atoms with Crippen LogP contribution in [0.1, 0.15) is 21.5 Å². The highest BCUT2D eigenvalue weighted by molar-refractivity contribution is 6.04. The lowest BCUT2D eigenvalue weighted by molar-refractivity contribution is -0.117. The maximum absolute atomic E-state index is 12.7. The lowest BCUT2D eigenvalue weighted by atomic mass is 10.1. The summed E-state index contributed by atoms with van der Waals surface area (Å²) in [5.41, 5.74) is 3.02. The molecule has 6 heteroatoms. The van der Waals surface area contributed by atoms with Crippen LogP contribution in [0, 0.1) is 0 Å². The Morgan fingerprint density at radius 1 is 0.871 bits per heavy atom. The van der Waals surface area contributed by atoms with Gasteiger partial charge in [-0.05, 0) is 42.4 Å². The summed E-state index contributed by atoms with van der Waals surface area (Å²) in [7, 11) is 3.51. The first-order valence-electron chi connectivity index (χ1n) is 10.1. The fraction of sp³-hybridized carbons (Fsp3) is 0.200. The van der Waals surface area contributed by atoms with Gasteiger partial charge in [0.25, 0.3) is 5.91 Å². The largest absolute Gasteiger partial charge is 0.497 e. The first kappa shape index (κ1) is 22.1. The molecule has 6 nitrogen and oxygen atoms in total. The first-order valence-corrected chi connectivity index (χ1v) is 10.1. The molecule has 0 spiro atoms. The third-order valence-corrected chi connectivity index (χ3v) is 4.77. The van der Waals surface area contributed by atoms with Crippen LogP contribution in [0.2, 0.25) is 0 Å². The summed E-state index contributed by atoms with van der Waals surface area (Å²) in [4.78, 5) is 27.1. The molecule has 0 aromatic heterocycles. The van der Waals surface area contributed by atoms with E-state index in [4.69, 9.17) is 4.74 Å². The van der Waals surface area contributed by atoms with Gasteiger partial charge in [0.15, 0.2) is 0 Å². The summed E-state index contributed by atoms with van der Waals surface area (Å²) in [6.45, 7) is 1.25. The zero-order chi connectivity index (χ0) is 22.1. The molecular weight excluding hydrogens is 390 g/mol. The summed E-state index contributed by atoms with van der Waals surface area (Å²) in [6, 6.07) is 24.4. The Balaban J connectivity index is 1.56. The molecule has 0 atom stereocenters. The van der Waals surface area contributed by atoms with E-state index < -0.39 is 0 Å². The highest BCUT2D eigenvalue weighted by Crippen LogP contribution is 2.16. The highest BCUT2D eigenvalue weighted by atomic mass is 16.5. The van der Waals surface area contributed by atoms with E-state index in [0.29, 0.717) is 24.3 Å². The van der Waals surface area contributed by atoms with Crippen LogP contribution in [0.4, 0.5) is 5.69 Å². The fourth-order valence-electron chi connectivity index (χ4n) is 3.20. The number of nitrogens with one attached hydrogen (secondary N) is 2. The number of nitrogens with zero attached hydrogens (tertiary/aromatic N) is 1. The standard InChI is InChI=1S/C25H27N3O3/c1-28(17-20-12-14-21(31-2)15-13-20)18-24(29)27-23-11-7-6-10-22(23)25(30)26-16-19-8-4-3-5-9-19/h3-15H,16-18H2,1-2H3,(H,26,30)(H,27,29). The molecule has 0 fully saturated rings. The number of likely N-dealkylation sites (N-methyl/N-ethyl adjacent to an activating group) is 1. The smallest absolute Gasteiger partial charge is 0.253 e. The number of carbonyl (C=O) groups excluding carboxylic acids is 2. The van der Waals surface area contributed by atoms with E-state index in [2.05, 4.69) is 10.6 Å². The average Bonchev–Trinajstić information content (AvgIpc) is 2.79. The predicted molar refractivity (Wildman–Crippen MR) is 122 cm³/mol. The lowest BCUT2D eigenvalue weighted by Gasteiger charge is -2.17. The van der Waals surface area contributed by atoms with Crippen molar-refractivity contribution in [3.8, 4) is 5.75 Å². The second-order valence-electron chi connectivity index (χ2n) is 7.28. The van der Waals surface area contributed by atoms with Crippen molar-refractivity contribution in [2.75, 3.05) is 26.0 Å². The molecule has 0 radical (unpaired) electrons. The number of amides is 2. The van der Waals surface area contributed by atoms with Gasteiger partial charge in [-0.1, -0.05) is 54.6 Å². The number of ether oxygens (including phenoxy) is 1. The molecule has 2 N–H and O–H groups in total. The maximum Gasteiger partial charge on any atom is 0.253 e. The number of hydrogen-bond acceptors (Lipinski definition) is 4. The molecule has 3 aromatic rings. The molecular formula is C25H27N3O3. The van der Waals surface area contributed by atoms with E-state index >= 15 is 0 Å². The van der Waals surface area contributed by atoms with Crippen LogP contribution in [-0.2, 0) is 17.9 Å². The molecule has 0 aliphatic rings. The molecule has 0 saturated heterocycles. The van der Waals surface area contributed by atoms with Crippen molar-refractivity contribution in [1.82, 2.24) is 10.2 Å². The highest BCUT2D eigenvalue weighted by Gasteiger charge is 2.14. The van der Waals surface area contributed by atoms with Gasteiger partial charge in [-0.3, -0.25) is 14.5 Å². The molecule has 0 aliphatic heterocycles. The number of carbonyl (C=O) groups is 2. The number of rotatable bonds is 9. The van der Waals surface area contributed by atoms with E-state index in [1.165, 1.54) is 0 Å². The molecule has 0 saturated carbocycles. The van der Waals surface area contributed by atoms with Crippen molar-refractivity contribution in [2.45, 2.75) is 13.1 Å². The molecule has 0 bridgehead atoms. The predicted octanol–water partition coefficient (Wildman–Crippen LogP) is 3.70. The van der Waals surface area contributed by atoms with Crippen LogP contribution in [-0.4, -0.2) is 37.4 Å². The summed E-state index contributed by atoms with van der Waals surface area (Å²) >= 11 is 0. The maximum atomic E-state index is 12.7. The van der Waals surface area contributed by atoms with Gasteiger partial charge in [-0.25, -0.2) is 0 Å². The lowest BCUT2D eigenvalue weighted by Crippen LogP contribution is -2.31. The quantitative estimate of drug-likeness (QED) is 0.557. The summed E-state index contributed by atoms with van der Waals surface area (Å²) in [6.07, 6.45) is 0. The minimum absolute atomic E-state index is 0.181. The van der Waals surface area contributed by atoms with Gasteiger partial charge in [-0.15, -0.1) is 0 Å². The van der Waals surface area contributed by atoms with Crippen LogP contribution in [0.5, 0.6) is 5.75 Å². The van der Waals surface area contributed by atoms with Crippen LogP contribution in [0.15, 0.2) is 78.9 Å². The van der Waals surface area contributed by atoms with E-state index in [9.17, 15) is 9.59 Å². The minimum Gasteiger partial charge on any atom is -0.497 e. The van der Waals surface area contributed by atoms with Crippen molar-refractivity contribution in [2.24, 2.45) is 0 Å². The Labute approximate surface area is 182 Å². The van der Waals surface area contributed by atoms with Gasteiger partial charge in [0.1, 0.15) is 5.75 Å². The van der Waals surface area contributed by atoms with E-state index in [1.54, 1.807) is 31.4 Å². The van der Waals surface area contributed by atoms with Gasteiger partial charge in [-0.2, -0.15) is 0 Å². The van der Waals surface area contributed by atoms with Crippen LogP contribution in [0.3, 0.4) is 0 Å². The second kappa shape index (κ2) is 10.9. The summed E-state index contributed by atoms with van der Waals surface area (Å²) < 4.78 is 5.17. The fourth-order valence-corrected chi connectivity index (χ4v) is 3.20. The molecule has 3 aromatic carbocycles. The van der Waals surface area contributed by atoms with E-state index in [-0.39, 0.29) is 18.4 Å². The third-order valence-electron chi connectivity index (χ3n) is 4.77. The molecule has 0 aliphatic carbocycles. The second-order valence-corrected chi connectivity index (χ2v) is 7.28. The number of benzene rings is 3. The number of para-hydroxylation sites is 1. The number of methoxy groups -OCH3 is 1. The van der Waals surface area contributed by atoms with E-state index in [1.807, 2.05) is 66.5 Å². The SMILES string of the molecule is COc1ccc(CN(C)CC(=O)Nc2ccccc2C(=O)NCc2ccccc2)cc1. The van der Waals surface area contributed by atoms with Crippen LogP contribution < -0.4 is 15.4 Å². The number of hydrogen-bond donors (Lipinski definition) is 2. The van der Waals surface area contributed by atoms with E-state index in [0.717, 1.165) is 16.9 Å². The van der Waals surface area contributed by atoms with Crippen molar-refractivity contribution in [3.63, 3.8) is 0 Å². The zero-order valence-electron chi connectivity index (χ0n) is 17.8. The Morgan fingerprint density at radius 2 is 1.55 bits per heavy atom. The summed E-state index contributed by atoms with van der Waals surface area (Å²) in [5, 5.41) is 5.76. The van der Waals surface area contributed by atoms with Gasteiger partial charge in [0.2, 0.25) is 5.91 Å². The minimum atomic E-state index is -0.230. The Morgan fingerprint density at radius 3 is 2.26 bits per heavy atom. The van der Waals surface area contributed by atoms with Crippen molar-refractivity contribution >= 4 is 17.5 Å². The average molecular weight is 418 g/mol. The van der Waals surface area contributed by atoms with Crippen LogP contribution >= 0.6 is 0 Å². The number of anilines is 1. The molecule has 2 amide bonds. The van der Waals surface area contributed by atoms with Gasteiger partial charge >= 0.3 is 0 Å². The van der Waals surface area contributed by atoms with Gasteiger partial charge in [0.05, 0.1) is 24.9 Å². The van der Waals surface area contributed by atoms with Crippen LogP contribution in [0.25, 0.3) is 0 Å². The zero-order valence-corrected chi connectivity index (χ0v) is 17.8. The molecule has 0 heterocycles. The Hall–Kier alpha value is -3.64. The Kier molecular flexibility index (Phi) is 7.79. The van der Waals surface area contributed by atoms with Crippen molar-refractivity contribution < 1.29 is 14.3 Å². The molecule has 31 heavy (non-hydrogen) atoms. The first-order chi connectivity index (χ1) is 15.0. The molecule has 0 unspecified atom stereocenters. The summed E-state index contributed by atoms with van der Waals surface area (Å²) in [5.74, 6) is 0.386. The van der Waals surface area contributed by atoms with Crippen molar-refractivity contribution in [1.29, 1.82) is 0 Å². The monoisotopic (exact) mass is 417 g/mol. The molecule has 160 valence electrons. The van der Waals surface area contributed by atoms with Crippen molar-refractivity contribution in [3.05, 3.63) is 95.6 Å². The normalized spacial score (nSPS) is 10.5. The topological polar surface area (TPSA) is 70.7 Å². The van der Waals surface area contributed by atoms with Gasteiger partial charge < -0.3 is 15.4 Å².